The second-order valence-corrected chi connectivity index (χ2v) is 9.09. The Morgan fingerprint density at radius 1 is 1.23 bits per heavy atom. The summed E-state index contributed by atoms with van der Waals surface area (Å²) < 4.78 is 1.77. The molecule has 0 spiro atoms. The molecule has 2 heterocycles. The first-order valence-electron chi connectivity index (χ1n) is 10.1. The molecule has 2 N–H and O–H groups in total. The molecule has 1 unspecified atom stereocenters. The van der Waals surface area contributed by atoms with E-state index in [1.807, 2.05) is 63.2 Å². The first-order chi connectivity index (χ1) is 14.9. The van der Waals surface area contributed by atoms with Gasteiger partial charge in [0.15, 0.2) is 0 Å². The lowest BCUT2D eigenvalue weighted by atomic mass is 9.95. The average molecular weight is 454 g/mol. The number of allylic oxidation sites excluding steroid dienone is 1. The van der Waals surface area contributed by atoms with Gasteiger partial charge in [0.05, 0.1) is 5.57 Å². The Labute approximate surface area is 191 Å². The van der Waals surface area contributed by atoms with E-state index < -0.39 is 6.04 Å². The smallest absolute Gasteiger partial charge is 0.255 e. The van der Waals surface area contributed by atoms with Gasteiger partial charge in [0, 0.05) is 16.4 Å². The standard InChI is InChI=1S/C23H24ClN5OS/c1-5-31-23-27-22-25-15(4)19(21(30)26-18-11-6-8-13(2)14(18)3)20(29(22)28-23)16-9-7-10-17(24)12-16/h6-12,20H,5H2,1-4H3,(H,26,30)(H,25,27,28). The van der Waals surface area contributed by atoms with Gasteiger partial charge in [0.25, 0.3) is 5.91 Å². The van der Waals surface area contributed by atoms with Crippen LogP contribution in [0.15, 0.2) is 58.9 Å². The van der Waals surface area contributed by atoms with E-state index >= 15 is 0 Å². The second-order valence-electron chi connectivity index (χ2n) is 7.42. The summed E-state index contributed by atoms with van der Waals surface area (Å²) in [4.78, 5) is 18.1. The molecule has 6 nitrogen and oxygen atoms in total. The third-order valence-electron chi connectivity index (χ3n) is 5.37. The van der Waals surface area contributed by atoms with Crippen LogP contribution in [-0.2, 0) is 4.79 Å². The number of halogens is 1. The van der Waals surface area contributed by atoms with E-state index in [9.17, 15) is 4.79 Å². The molecule has 1 aliphatic heterocycles. The number of hydrogen-bond acceptors (Lipinski definition) is 5. The first kappa shape index (κ1) is 21.5. The minimum atomic E-state index is -0.446. The Kier molecular flexibility index (Phi) is 6.07. The summed E-state index contributed by atoms with van der Waals surface area (Å²) in [6.45, 7) is 7.98. The Morgan fingerprint density at radius 3 is 2.74 bits per heavy atom. The summed E-state index contributed by atoms with van der Waals surface area (Å²) in [5.41, 5.74) is 5.14. The average Bonchev–Trinajstić information content (AvgIpc) is 3.12. The minimum absolute atomic E-state index is 0.186. The maximum Gasteiger partial charge on any atom is 0.255 e. The van der Waals surface area contributed by atoms with Crippen molar-refractivity contribution in [2.24, 2.45) is 0 Å². The van der Waals surface area contributed by atoms with Crippen molar-refractivity contribution in [3.8, 4) is 0 Å². The number of fused-ring (bicyclic) bond motifs is 1. The normalized spacial score (nSPS) is 15.5. The van der Waals surface area contributed by atoms with Gasteiger partial charge in [-0.2, -0.15) is 4.98 Å². The number of rotatable bonds is 5. The van der Waals surface area contributed by atoms with E-state index in [0.29, 0.717) is 21.7 Å². The summed E-state index contributed by atoms with van der Waals surface area (Å²) in [6.07, 6.45) is 0. The lowest BCUT2D eigenvalue weighted by molar-refractivity contribution is -0.113. The van der Waals surface area contributed by atoms with Crippen molar-refractivity contribution in [3.63, 3.8) is 0 Å². The maximum absolute atomic E-state index is 13.5. The third kappa shape index (κ3) is 4.20. The van der Waals surface area contributed by atoms with Gasteiger partial charge in [0.1, 0.15) is 6.04 Å². The van der Waals surface area contributed by atoms with Crippen LogP contribution in [0.3, 0.4) is 0 Å². The fourth-order valence-corrected chi connectivity index (χ4v) is 4.43. The number of nitrogens with zero attached hydrogens (tertiary/aromatic N) is 3. The molecule has 0 aliphatic carbocycles. The predicted molar refractivity (Wildman–Crippen MR) is 127 cm³/mol. The molecule has 0 fully saturated rings. The number of thioether (sulfide) groups is 1. The molecule has 2 aromatic carbocycles. The van der Waals surface area contributed by atoms with E-state index in [2.05, 4.69) is 27.6 Å². The quantitative estimate of drug-likeness (QED) is 0.493. The Hall–Kier alpha value is -2.77. The van der Waals surface area contributed by atoms with Crippen LogP contribution in [0, 0.1) is 13.8 Å². The van der Waals surface area contributed by atoms with Crippen LogP contribution >= 0.6 is 23.4 Å². The number of carbonyl (C=O) groups is 1. The highest BCUT2D eigenvalue weighted by atomic mass is 35.5. The van der Waals surface area contributed by atoms with Crippen LogP contribution < -0.4 is 10.6 Å². The molecule has 0 saturated carbocycles. The molecule has 1 atom stereocenters. The summed E-state index contributed by atoms with van der Waals surface area (Å²) in [5, 5.41) is 12.3. The molecule has 0 bridgehead atoms. The molecule has 8 heteroatoms. The lowest BCUT2D eigenvalue weighted by Crippen LogP contribution is -2.31. The SMILES string of the molecule is CCSc1nc2n(n1)C(c1cccc(Cl)c1)C(C(=O)Nc1cccc(C)c1C)=C(C)N2. The Bertz CT molecular complexity index is 1190. The number of aromatic nitrogens is 3. The zero-order valence-corrected chi connectivity index (χ0v) is 19.4. The van der Waals surface area contributed by atoms with E-state index in [-0.39, 0.29) is 5.91 Å². The molecular weight excluding hydrogens is 430 g/mol. The van der Waals surface area contributed by atoms with E-state index in [1.54, 1.807) is 16.4 Å². The van der Waals surface area contributed by atoms with Crippen molar-refractivity contribution in [3.05, 3.63) is 75.4 Å². The number of carbonyl (C=O) groups excluding carboxylic acids is 1. The fourth-order valence-electron chi connectivity index (χ4n) is 3.68. The zero-order chi connectivity index (χ0) is 22.1. The van der Waals surface area contributed by atoms with Crippen molar-refractivity contribution in [2.45, 2.75) is 38.9 Å². The predicted octanol–water partition coefficient (Wildman–Crippen LogP) is 5.59. The zero-order valence-electron chi connectivity index (χ0n) is 17.9. The van der Waals surface area contributed by atoms with Crippen LogP contribution in [0.1, 0.15) is 36.6 Å². The Morgan fingerprint density at radius 2 is 2.00 bits per heavy atom. The number of benzene rings is 2. The molecule has 3 aromatic rings. The van der Waals surface area contributed by atoms with Crippen LogP contribution in [0.25, 0.3) is 0 Å². The van der Waals surface area contributed by atoms with Crippen molar-refractivity contribution < 1.29 is 4.79 Å². The molecule has 0 radical (unpaired) electrons. The summed E-state index contributed by atoms with van der Waals surface area (Å²) in [5.74, 6) is 1.29. The highest BCUT2D eigenvalue weighted by Crippen LogP contribution is 2.37. The van der Waals surface area contributed by atoms with Crippen molar-refractivity contribution in [1.29, 1.82) is 0 Å². The monoisotopic (exact) mass is 453 g/mol. The number of nitrogens with one attached hydrogen (secondary N) is 2. The number of amides is 1. The van der Waals surface area contributed by atoms with Gasteiger partial charge in [-0.05, 0) is 61.4 Å². The molecule has 4 rings (SSSR count). The molecule has 31 heavy (non-hydrogen) atoms. The van der Waals surface area contributed by atoms with Crippen LogP contribution in [-0.4, -0.2) is 26.4 Å². The molecular formula is C23H24ClN5OS. The van der Waals surface area contributed by atoms with E-state index in [4.69, 9.17) is 11.6 Å². The minimum Gasteiger partial charge on any atom is -0.328 e. The molecule has 1 amide bonds. The summed E-state index contributed by atoms with van der Waals surface area (Å²) >= 11 is 7.85. The van der Waals surface area contributed by atoms with Gasteiger partial charge in [-0.15, -0.1) is 5.10 Å². The topological polar surface area (TPSA) is 71.8 Å². The summed E-state index contributed by atoms with van der Waals surface area (Å²) in [7, 11) is 0. The molecule has 160 valence electrons. The van der Waals surface area contributed by atoms with Crippen molar-refractivity contribution in [1.82, 2.24) is 14.8 Å². The molecule has 0 saturated heterocycles. The van der Waals surface area contributed by atoms with Crippen LogP contribution in [0.2, 0.25) is 5.02 Å². The molecule has 1 aromatic heterocycles. The van der Waals surface area contributed by atoms with Gasteiger partial charge in [-0.3, -0.25) is 4.79 Å². The van der Waals surface area contributed by atoms with Gasteiger partial charge in [0.2, 0.25) is 11.1 Å². The third-order valence-corrected chi connectivity index (χ3v) is 6.32. The number of hydrogen-bond donors (Lipinski definition) is 2. The van der Waals surface area contributed by atoms with Crippen LogP contribution in [0.4, 0.5) is 11.6 Å². The number of aryl methyl sites for hydroxylation is 1. The highest BCUT2D eigenvalue weighted by molar-refractivity contribution is 7.99. The number of anilines is 2. The highest BCUT2D eigenvalue weighted by Gasteiger charge is 2.34. The lowest BCUT2D eigenvalue weighted by Gasteiger charge is -2.29. The van der Waals surface area contributed by atoms with Gasteiger partial charge in [-0.1, -0.05) is 54.6 Å². The van der Waals surface area contributed by atoms with Gasteiger partial charge >= 0.3 is 0 Å². The maximum atomic E-state index is 13.5. The van der Waals surface area contributed by atoms with Crippen LogP contribution in [0.5, 0.6) is 0 Å². The van der Waals surface area contributed by atoms with E-state index in [0.717, 1.165) is 33.8 Å². The Balaban J connectivity index is 1.80. The van der Waals surface area contributed by atoms with Gasteiger partial charge < -0.3 is 10.6 Å². The van der Waals surface area contributed by atoms with Crippen molar-refractivity contribution >= 4 is 40.9 Å². The van der Waals surface area contributed by atoms with Gasteiger partial charge in [-0.25, -0.2) is 4.68 Å². The molecule has 1 aliphatic rings. The second kappa shape index (κ2) is 8.77. The fraction of sp³-hybridized carbons (Fsp3) is 0.261. The summed E-state index contributed by atoms with van der Waals surface area (Å²) in [6, 6.07) is 13.0. The van der Waals surface area contributed by atoms with E-state index in [1.165, 1.54) is 0 Å². The largest absolute Gasteiger partial charge is 0.328 e. The van der Waals surface area contributed by atoms with Crippen molar-refractivity contribution in [2.75, 3.05) is 16.4 Å². The first-order valence-corrected chi connectivity index (χ1v) is 11.5.